The Balaban J connectivity index is 1.87. The van der Waals surface area contributed by atoms with Gasteiger partial charge < -0.3 is 14.4 Å². The molecule has 1 fully saturated rings. The first-order valence-corrected chi connectivity index (χ1v) is 6.70. The summed E-state index contributed by atoms with van der Waals surface area (Å²) in [6, 6.07) is 6.64. The van der Waals surface area contributed by atoms with Gasteiger partial charge in [-0.1, -0.05) is 0 Å². The van der Waals surface area contributed by atoms with Crippen molar-refractivity contribution in [2.24, 2.45) is 0 Å². The summed E-state index contributed by atoms with van der Waals surface area (Å²) in [6.07, 6.45) is -0.448. The van der Waals surface area contributed by atoms with Crippen molar-refractivity contribution in [3.63, 3.8) is 0 Å². The van der Waals surface area contributed by atoms with Crippen molar-refractivity contribution < 1.29 is 14.4 Å². The third-order valence-electron chi connectivity index (χ3n) is 3.42. The van der Waals surface area contributed by atoms with E-state index in [-0.39, 0.29) is 10.6 Å². The van der Waals surface area contributed by atoms with Crippen molar-refractivity contribution >= 4 is 11.4 Å². The van der Waals surface area contributed by atoms with Crippen LogP contribution in [0.15, 0.2) is 24.3 Å². The lowest BCUT2D eigenvalue weighted by molar-refractivity contribution is -0.384. The number of anilines is 1. The summed E-state index contributed by atoms with van der Waals surface area (Å²) in [5.41, 5.74) is 4.23. The van der Waals surface area contributed by atoms with Crippen LogP contribution in [0.1, 0.15) is 0 Å². The second kappa shape index (κ2) is 7.32. The van der Waals surface area contributed by atoms with Crippen LogP contribution < -0.4 is 10.3 Å². The first-order valence-electron chi connectivity index (χ1n) is 6.70. The maximum atomic E-state index is 10.6. The van der Waals surface area contributed by atoms with E-state index in [4.69, 9.17) is 9.47 Å². The summed E-state index contributed by atoms with van der Waals surface area (Å²) in [7, 11) is 3.16. The van der Waals surface area contributed by atoms with Gasteiger partial charge >= 0.3 is 0 Å². The monoisotopic (exact) mass is 296 g/mol. The average Bonchev–Trinajstić information content (AvgIpc) is 2.53. The number of rotatable bonds is 6. The fraction of sp³-hybridized carbons (Fsp3) is 0.538. The number of methoxy groups -OCH3 is 2. The molecular weight excluding hydrogens is 276 g/mol. The van der Waals surface area contributed by atoms with Gasteiger partial charge in [0.1, 0.15) is 0 Å². The normalized spacial score (nSPS) is 16.4. The number of nitrogens with one attached hydrogen (secondary N) is 1. The van der Waals surface area contributed by atoms with E-state index in [0.717, 1.165) is 31.9 Å². The molecule has 1 saturated heterocycles. The Bertz CT molecular complexity index is 456. The molecule has 0 aromatic heterocycles. The maximum Gasteiger partial charge on any atom is 0.269 e. The first-order chi connectivity index (χ1) is 10.1. The molecular formula is C13H20N4O4. The second-order valence-electron chi connectivity index (χ2n) is 4.68. The topological polar surface area (TPSA) is 80.1 Å². The van der Waals surface area contributed by atoms with Gasteiger partial charge in [0.2, 0.25) is 6.41 Å². The van der Waals surface area contributed by atoms with E-state index >= 15 is 0 Å². The highest BCUT2D eigenvalue weighted by Gasteiger charge is 2.19. The largest absolute Gasteiger partial charge is 0.369 e. The molecule has 1 aromatic rings. The summed E-state index contributed by atoms with van der Waals surface area (Å²) < 4.78 is 10.2. The van der Waals surface area contributed by atoms with Gasteiger partial charge in [-0.05, 0) is 12.1 Å². The molecule has 1 N–H and O–H groups in total. The fourth-order valence-electron chi connectivity index (χ4n) is 2.23. The Labute approximate surface area is 123 Å². The van der Waals surface area contributed by atoms with Crippen LogP contribution in [-0.2, 0) is 9.47 Å². The number of nitro groups is 1. The predicted molar refractivity (Wildman–Crippen MR) is 77.8 cm³/mol. The van der Waals surface area contributed by atoms with E-state index in [1.54, 1.807) is 26.4 Å². The Morgan fingerprint density at radius 2 is 1.71 bits per heavy atom. The molecule has 0 spiro atoms. The van der Waals surface area contributed by atoms with Crippen LogP contribution >= 0.6 is 0 Å². The molecule has 0 aliphatic carbocycles. The number of ether oxygens (including phenoxy) is 2. The molecule has 8 heteroatoms. The summed E-state index contributed by atoms with van der Waals surface area (Å²) in [4.78, 5) is 12.4. The summed E-state index contributed by atoms with van der Waals surface area (Å²) in [6.45, 7) is 3.26. The quantitative estimate of drug-likeness (QED) is 0.472. The lowest BCUT2D eigenvalue weighted by atomic mass is 10.2. The number of nitrogens with zero attached hydrogens (tertiary/aromatic N) is 3. The minimum Gasteiger partial charge on any atom is -0.369 e. The van der Waals surface area contributed by atoms with Gasteiger partial charge in [-0.2, -0.15) is 0 Å². The molecule has 0 atom stereocenters. The lowest BCUT2D eigenvalue weighted by Gasteiger charge is -2.37. The second-order valence-corrected chi connectivity index (χ2v) is 4.68. The molecule has 21 heavy (non-hydrogen) atoms. The zero-order valence-corrected chi connectivity index (χ0v) is 12.2. The van der Waals surface area contributed by atoms with Gasteiger partial charge in [0, 0.05) is 58.2 Å². The van der Waals surface area contributed by atoms with Crippen molar-refractivity contribution in [2.45, 2.75) is 6.41 Å². The van der Waals surface area contributed by atoms with Gasteiger partial charge in [0.25, 0.3) is 5.69 Å². The number of hydrogen-bond donors (Lipinski definition) is 1. The van der Waals surface area contributed by atoms with Crippen LogP contribution in [0.3, 0.4) is 0 Å². The van der Waals surface area contributed by atoms with Gasteiger partial charge in [-0.3, -0.25) is 10.1 Å². The fourth-order valence-corrected chi connectivity index (χ4v) is 2.23. The molecule has 1 aromatic carbocycles. The van der Waals surface area contributed by atoms with E-state index in [1.807, 2.05) is 5.01 Å². The highest BCUT2D eigenvalue weighted by atomic mass is 16.7. The molecule has 8 nitrogen and oxygen atoms in total. The summed E-state index contributed by atoms with van der Waals surface area (Å²) in [5, 5.41) is 12.7. The third-order valence-corrected chi connectivity index (χ3v) is 3.42. The van der Waals surface area contributed by atoms with Crippen molar-refractivity contribution in [2.75, 3.05) is 45.3 Å². The molecule has 1 aliphatic heterocycles. The van der Waals surface area contributed by atoms with E-state index < -0.39 is 6.41 Å². The SMILES string of the molecule is COC(NN1CCN(c2ccc([N+](=O)[O-])cc2)CC1)OC. The van der Waals surface area contributed by atoms with Gasteiger partial charge in [0.15, 0.2) is 0 Å². The van der Waals surface area contributed by atoms with Crippen LogP contribution in [-0.4, -0.2) is 56.7 Å². The third kappa shape index (κ3) is 4.11. The molecule has 0 bridgehead atoms. The van der Waals surface area contributed by atoms with E-state index in [0.29, 0.717) is 0 Å². The summed E-state index contributed by atoms with van der Waals surface area (Å²) in [5.74, 6) is 0. The predicted octanol–water partition coefficient (Wildman–Crippen LogP) is 0.798. The maximum absolute atomic E-state index is 10.6. The van der Waals surface area contributed by atoms with Crippen molar-refractivity contribution in [1.82, 2.24) is 10.4 Å². The molecule has 1 aliphatic rings. The molecule has 2 rings (SSSR count). The van der Waals surface area contributed by atoms with E-state index in [9.17, 15) is 10.1 Å². The zero-order chi connectivity index (χ0) is 15.2. The highest BCUT2D eigenvalue weighted by Crippen LogP contribution is 2.20. The number of nitro benzene ring substituents is 1. The first kappa shape index (κ1) is 15.6. The number of benzene rings is 1. The molecule has 0 radical (unpaired) electrons. The molecule has 0 amide bonds. The van der Waals surface area contributed by atoms with E-state index in [2.05, 4.69) is 10.3 Å². The highest BCUT2D eigenvalue weighted by molar-refractivity contribution is 5.51. The van der Waals surface area contributed by atoms with Crippen molar-refractivity contribution in [1.29, 1.82) is 0 Å². The Morgan fingerprint density at radius 1 is 1.14 bits per heavy atom. The molecule has 0 unspecified atom stereocenters. The van der Waals surface area contributed by atoms with Crippen LogP contribution in [0.5, 0.6) is 0 Å². The van der Waals surface area contributed by atoms with Crippen LogP contribution in [0.2, 0.25) is 0 Å². The Kier molecular flexibility index (Phi) is 5.45. The molecule has 0 saturated carbocycles. The number of hydrazine groups is 1. The minimum atomic E-state index is -0.448. The number of non-ortho nitro benzene ring substituents is 1. The van der Waals surface area contributed by atoms with Crippen molar-refractivity contribution in [3.05, 3.63) is 34.4 Å². The zero-order valence-electron chi connectivity index (χ0n) is 12.2. The van der Waals surface area contributed by atoms with Crippen LogP contribution in [0, 0.1) is 10.1 Å². The Hall–Kier alpha value is -1.74. The average molecular weight is 296 g/mol. The smallest absolute Gasteiger partial charge is 0.269 e. The molecule has 1 heterocycles. The standard InChI is InChI=1S/C13H20N4O4/c1-20-13(21-2)14-16-9-7-15(8-10-16)11-3-5-12(6-4-11)17(18)19/h3-6,13-14H,7-10H2,1-2H3. The van der Waals surface area contributed by atoms with Crippen molar-refractivity contribution in [3.8, 4) is 0 Å². The number of piperazine rings is 1. The lowest BCUT2D eigenvalue weighted by Crippen LogP contribution is -2.55. The van der Waals surface area contributed by atoms with Gasteiger partial charge in [-0.15, -0.1) is 0 Å². The van der Waals surface area contributed by atoms with Crippen LogP contribution in [0.4, 0.5) is 11.4 Å². The number of hydrogen-bond acceptors (Lipinski definition) is 7. The van der Waals surface area contributed by atoms with Crippen LogP contribution in [0.25, 0.3) is 0 Å². The molecule has 116 valence electrons. The van der Waals surface area contributed by atoms with E-state index in [1.165, 1.54) is 12.1 Å². The van der Waals surface area contributed by atoms with Gasteiger partial charge in [0.05, 0.1) is 4.92 Å². The van der Waals surface area contributed by atoms with Gasteiger partial charge in [-0.25, -0.2) is 10.4 Å². The summed E-state index contributed by atoms with van der Waals surface area (Å²) >= 11 is 0. The minimum absolute atomic E-state index is 0.113. The Morgan fingerprint density at radius 3 is 2.19 bits per heavy atom.